The van der Waals surface area contributed by atoms with Crippen molar-refractivity contribution in [3.63, 3.8) is 0 Å². The molecule has 1 amide bonds. The molecule has 7 nitrogen and oxygen atoms in total. The van der Waals surface area contributed by atoms with Crippen LogP contribution in [0.4, 0.5) is 11.5 Å². The molecule has 0 aliphatic heterocycles. The number of nitrogens with one attached hydrogen (secondary N) is 3. The van der Waals surface area contributed by atoms with Gasteiger partial charge in [0.1, 0.15) is 5.82 Å². The number of carbonyl (C=O) groups excluding carboxylic acids is 1. The Balaban J connectivity index is 1.65. The lowest BCUT2D eigenvalue weighted by Crippen LogP contribution is -2.12. The fraction of sp³-hybridized carbons (Fsp3) is 0. The van der Waals surface area contributed by atoms with Gasteiger partial charge in [-0.05, 0) is 35.9 Å². The molecule has 0 aliphatic rings. The average molecular weight is 368 g/mol. The second-order valence-corrected chi connectivity index (χ2v) is 6.54. The molecule has 3 aromatic heterocycles. The molecule has 0 bridgehead atoms. The predicted octanol–water partition coefficient (Wildman–Crippen LogP) is 3.94. The van der Waals surface area contributed by atoms with Crippen LogP contribution in [0.1, 0.15) is 10.4 Å². The highest BCUT2D eigenvalue weighted by molar-refractivity contribution is 6.13. The normalized spacial score (nSPS) is 11.1. The van der Waals surface area contributed by atoms with Crippen molar-refractivity contribution in [1.82, 2.24) is 20.2 Å². The number of nitrogen functional groups attached to an aromatic ring is 1. The van der Waals surface area contributed by atoms with E-state index in [1.165, 1.54) is 0 Å². The predicted molar refractivity (Wildman–Crippen MR) is 110 cm³/mol. The fourth-order valence-corrected chi connectivity index (χ4v) is 3.39. The van der Waals surface area contributed by atoms with E-state index >= 15 is 0 Å². The topological polar surface area (TPSA) is 112 Å². The molecular weight excluding hydrogens is 352 g/mol. The summed E-state index contributed by atoms with van der Waals surface area (Å²) in [4.78, 5) is 20.3. The lowest BCUT2D eigenvalue weighted by Gasteiger charge is -2.09. The Kier molecular flexibility index (Phi) is 3.58. The quantitative estimate of drug-likeness (QED) is 0.386. The van der Waals surface area contributed by atoms with Gasteiger partial charge in [-0.3, -0.25) is 9.89 Å². The van der Waals surface area contributed by atoms with Crippen LogP contribution in [0.2, 0.25) is 0 Å². The number of pyridine rings is 1. The zero-order chi connectivity index (χ0) is 19.1. The molecule has 136 valence electrons. The van der Waals surface area contributed by atoms with E-state index in [4.69, 9.17) is 5.73 Å². The van der Waals surface area contributed by atoms with Crippen molar-refractivity contribution in [2.45, 2.75) is 0 Å². The number of benzene rings is 2. The second-order valence-electron chi connectivity index (χ2n) is 6.54. The number of fused-ring (bicyclic) bond motifs is 2. The summed E-state index contributed by atoms with van der Waals surface area (Å²) in [5.74, 6) is 0.239. The Labute approximate surface area is 159 Å². The van der Waals surface area contributed by atoms with Crippen LogP contribution in [0.25, 0.3) is 32.9 Å². The van der Waals surface area contributed by atoms with E-state index in [-0.39, 0.29) is 5.91 Å². The van der Waals surface area contributed by atoms with Crippen molar-refractivity contribution in [2.75, 3.05) is 11.1 Å². The van der Waals surface area contributed by atoms with Crippen LogP contribution >= 0.6 is 0 Å². The summed E-state index contributed by atoms with van der Waals surface area (Å²) >= 11 is 0. The Hall–Kier alpha value is -4.13. The highest BCUT2D eigenvalue weighted by atomic mass is 16.1. The highest BCUT2D eigenvalue weighted by Gasteiger charge is 2.16. The fourth-order valence-electron chi connectivity index (χ4n) is 3.39. The monoisotopic (exact) mass is 368 g/mol. The van der Waals surface area contributed by atoms with Crippen molar-refractivity contribution < 1.29 is 4.79 Å². The number of amides is 1. The Morgan fingerprint density at radius 2 is 1.93 bits per heavy atom. The van der Waals surface area contributed by atoms with Gasteiger partial charge in [0.05, 0.1) is 29.0 Å². The number of aromatic amines is 2. The molecular formula is C21H16N6O. The van der Waals surface area contributed by atoms with Gasteiger partial charge in [0.15, 0.2) is 0 Å². The molecule has 0 fully saturated rings. The number of hydrogen-bond donors (Lipinski definition) is 4. The summed E-state index contributed by atoms with van der Waals surface area (Å²) < 4.78 is 0. The molecule has 3 heterocycles. The first-order valence-electron chi connectivity index (χ1n) is 8.75. The minimum atomic E-state index is -0.205. The molecule has 5 aromatic rings. The molecule has 0 radical (unpaired) electrons. The minimum Gasteiger partial charge on any atom is -0.384 e. The summed E-state index contributed by atoms with van der Waals surface area (Å²) in [6.45, 7) is 0. The molecule has 7 heteroatoms. The molecule has 0 atom stereocenters. The number of H-pyrrole nitrogens is 2. The first-order valence-corrected chi connectivity index (χ1v) is 8.75. The van der Waals surface area contributed by atoms with Gasteiger partial charge in [0.25, 0.3) is 5.91 Å². The third-order valence-electron chi connectivity index (χ3n) is 4.72. The standard InChI is InChI=1S/C21H16N6O/c22-19-8-15-17(10-23-18(15)11-24-19)12-6-13-9-25-27-20(13)16(7-12)21(28)26-14-4-2-1-3-5-14/h1-11,23H,(H2,22,24)(H,25,27)(H,26,28). The maximum Gasteiger partial charge on any atom is 0.257 e. The SMILES string of the molecule is Nc1cc2c(-c3cc(C(=O)Nc4ccccc4)c4[nH]ncc4c3)c[nH]c2cn1. The van der Waals surface area contributed by atoms with Gasteiger partial charge in [-0.1, -0.05) is 18.2 Å². The van der Waals surface area contributed by atoms with E-state index in [1.807, 2.05) is 54.7 Å². The number of para-hydroxylation sites is 1. The molecule has 0 spiro atoms. The maximum atomic E-state index is 13.0. The number of rotatable bonds is 3. The largest absolute Gasteiger partial charge is 0.384 e. The van der Waals surface area contributed by atoms with E-state index < -0.39 is 0 Å². The summed E-state index contributed by atoms with van der Waals surface area (Å²) in [7, 11) is 0. The highest BCUT2D eigenvalue weighted by Crippen LogP contribution is 2.32. The summed E-state index contributed by atoms with van der Waals surface area (Å²) in [5.41, 5.74) is 10.5. The first kappa shape index (κ1) is 16.1. The van der Waals surface area contributed by atoms with Crippen LogP contribution in [0.15, 0.2) is 67.1 Å². The van der Waals surface area contributed by atoms with Gasteiger partial charge >= 0.3 is 0 Å². The molecule has 5 rings (SSSR count). The summed E-state index contributed by atoms with van der Waals surface area (Å²) in [6.07, 6.45) is 5.31. The van der Waals surface area contributed by atoms with E-state index in [0.717, 1.165) is 33.1 Å². The number of anilines is 2. The first-order chi connectivity index (χ1) is 13.7. The van der Waals surface area contributed by atoms with E-state index in [9.17, 15) is 4.79 Å². The number of nitrogens with two attached hydrogens (primary N) is 1. The van der Waals surface area contributed by atoms with Crippen LogP contribution < -0.4 is 11.1 Å². The molecule has 2 aromatic carbocycles. The Bertz CT molecular complexity index is 1320. The molecule has 0 aliphatic carbocycles. The molecule has 28 heavy (non-hydrogen) atoms. The summed E-state index contributed by atoms with van der Waals surface area (Å²) in [5, 5.41) is 11.8. The van der Waals surface area contributed by atoms with Gasteiger partial charge in [-0.25, -0.2) is 4.98 Å². The molecule has 0 saturated heterocycles. The van der Waals surface area contributed by atoms with Gasteiger partial charge in [0.2, 0.25) is 0 Å². The van der Waals surface area contributed by atoms with E-state index in [1.54, 1.807) is 12.4 Å². The second kappa shape index (κ2) is 6.24. The zero-order valence-electron chi connectivity index (χ0n) is 14.7. The third kappa shape index (κ3) is 2.66. The molecule has 5 N–H and O–H groups in total. The number of aromatic nitrogens is 4. The van der Waals surface area contributed by atoms with Crippen molar-refractivity contribution in [2.24, 2.45) is 0 Å². The summed E-state index contributed by atoms with van der Waals surface area (Å²) in [6, 6.07) is 15.0. The lowest BCUT2D eigenvalue weighted by molar-refractivity contribution is 0.102. The minimum absolute atomic E-state index is 0.205. The van der Waals surface area contributed by atoms with Crippen LogP contribution in [-0.4, -0.2) is 26.1 Å². The van der Waals surface area contributed by atoms with Gasteiger partial charge in [-0.2, -0.15) is 5.10 Å². The van der Waals surface area contributed by atoms with Gasteiger partial charge in [0, 0.05) is 28.2 Å². The zero-order valence-corrected chi connectivity index (χ0v) is 14.7. The van der Waals surface area contributed by atoms with Crippen LogP contribution in [0.5, 0.6) is 0 Å². The number of nitrogens with zero attached hydrogens (tertiary/aromatic N) is 2. The number of carbonyl (C=O) groups is 1. The Morgan fingerprint density at radius 3 is 2.79 bits per heavy atom. The average Bonchev–Trinajstić information content (AvgIpc) is 3.34. The van der Waals surface area contributed by atoms with Crippen molar-refractivity contribution in [1.29, 1.82) is 0 Å². The van der Waals surface area contributed by atoms with Gasteiger partial charge in [-0.15, -0.1) is 0 Å². The van der Waals surface area contributed by atoms with Crippen molar-refractivity contribution in [3.05, 3.63) is 72.7 Å². The maximum absolute atomic E-state index is 13.0. The van der Waals surface area contributed by atoms with Crippen LogP contribution in [0.3, 0.4) is 0 Å². The molecule has 0 unspecified atom stereocenters. The lowest BCUT2D eigenvalue weighted by atomic mass is 10.00. The van der Waals surface area contributed by atoms with Crippen LogP contribution in [0, 0.1) is 0 Å². The Morgan fingerprint density at radius 1 is 1.07 bits per heavy atom. The smallest absolute Gasteiger partial charge is 0.257 e. The van der Waals surface area contributed by atoms with Crippen molar-refractivity contribution >= 4 is 39.2 Å². The van der Waals surface area contributed by atoms with E-state index in [0.29, 0.717) is 16.9 Å². The molecule has 0 saturated carbocycles. The van der Waals surface area contributed by atoms with Crippen LogP contribution in [-0.2, 0) is 0 Å². The van der Waals surface area contributed by atoms with Crippen molar-refractivity contribution in [3.8, 4) is 11.1 Å². The number of hydrogen-bond acceptors (Lipinski definition) is 4. The van der Waals surface area contributed by atoms with E-state index in [2.05, 4.69) is 25.5 Å². The van der Waals surface area contributed by atoms with Gasteiger partial charge < -0.3 is 16.0 Å². The third-order valence-corrected chi connectivity index (χ3v) is 4.72.